The summed E-state index contributed by atoms with van der Waals surface area (Å²) >= 11 is 0. The lowest BCUT2D eigenvalue weighted by molar-refractivity contribution is -0.139. The van der Waals surface area contributed by atoms with E-state index in [9.17, 15) is 13.2 Å². The predicted octanol–water partition coefficient (Wildman–Crippen LogP) is 3.64. The summed E-state index contributed by atoms with van der Waals surface area (Å²) in [4.78, 5) is 0. The van der Waals surface area contributed by atoms with Crippen LogP contribution in [-0.4, -0.2) is 18.8 Å². The van der Waals surface area contributed by atoms with E-state index in [-0.39, 0.29) is 5.41 Å². The SMILES string of the molecule is CC(CC(F)(F)F)NCCCCC(C)(C)C#N. The van der Waals surface area contributed by atoms with E-state index in [0.717, 1.165) is 19.3 Å². The normalized spacial score (nSPS) is 14.4. The Kier molecular flexibility index (Phi) is 6.54. The van der Waals surface area contributed by atoms with E-state index in [1.807, 2.05) is 13.8 Å². The molecule has 0 saturated carbocycles. The zero-order chi connectivity index (χ0) is 13.5. The Morgan fingerprint density at radius 1 is 1.24 bits per heavy atom. The fourth-order valence-corrected chi connectivity index (χ4v) is 1.52. The zero-order valence-corrected chi connectivity index (χ0v) is 10.7. The van der Waals surface area contributed by atoms with Crippen molar-refractivity contribution in [2.45, 2.75) is 58.7 Å². The molecule has 0 amide bonds. The first kappa shape index (κ1) is 16.2. The summed E-state index contributed by atoms with van der Waals surface area (Å²) < 4.78 is 36.0. The number of halogens is 3. The Balaban J connectivity index is 3.57. The van der Waals surface area contributed by atoms with Crippen molar-refractivity contribution in [2.24, 2.45) is 5.41 Å². The Labute approximate surface area is 101 Å². The fourth-order valence-electron chi connectivity index (χ4n) is 1.52. The van der Waals surface area contributed by atoms with Gasteiger partial charge >= 0.3 is 6.18 Å². The van der Waals surface area contributed by atoms with Gasteiger partial charge in [-0.15, -0.1) is 0 Å². The Hall–Kier alpha value is -0.760. The van der Waals surface area contributed by atoms with Gasteiger partial charge in [0.1, 0.15) is 0 Å². The van der Waals surface area contributed by atoms with E-state index < -0.39 is 18.6 Å². The summed E-state index contributed by atoms with van der Waals surface area (Å²) in [6.07, 6.45) is -2.47. The smallest absolute Gasteiger partial charge is 0.314 e. The van der Waals surface area contributed by atoms with Crippen molar-refractivity contribution in [3.63, 3.8) is 0 Å². The average Bonchev–Trinajstić information content (AvgIpc) is 2.14. The third-order valence-electron chi connectivity index (χ3n) is 2.56. The van der Waals surface area contributed by atoms with E-state index in [1.165, 1.54) is 6.92 Å². The standard InChI is InChI=1S/C12H21F3N2/c1-10(8-12(13,14)15)17-7-5-4-6-11(2,3)9-16/h10,17H,4-8H2,1-3H3. The van der Waals surface area contributed by atoms with Crippen LogP contribution >= 0.6 is 0 Å². The monoisotopic (exact) mass is 250 g/mol. The molecule has 5 heteroatoms. The maximum atomic E-state index is 12.0. The predicted molar refractivity (Wildman–Crippen MR) is 61.4 cm³/mol. The van der Waals surface area contributed by atoms with Crippen molar-refractivity contribution in [1.82, 2.24) is 5.32 Å². The van der Waals surface area contributed by atoms with Crippen LogP contribution < -0.4 is 5.32 Å². The van der Waals surface area contributed by atoms with Crippen molar-refractivity contribution < 1.29 is 13.2 Å². The molecule has 0 bridgehead atoms. The highest BCUT2D eigenvalue weighted by Crippen LogP contribution is 2.22. The fraction of sp³-hybridized carbons (Fsp3) is 0.917. The molecule has 0 heterocycles. The minimum Gasteiger partial charge on any atom is -0.314 e. The van der Waals surface area contributed by atoms with Crippen LogP contribution in [0.15, 0.2) is 0 Å². The second kappa shape index (κ2) is 6.85. The Bertz CT molecular complexity index is 253. The van der Waals surface area contributed by atoms with Crippen molar-refractivity contribution >= 4 is 0 Å². The molecule has 1 N–H and O–H groups in total. The van der Waals surface area contributed by atoms with Gasteiger partial charge in [-0.2, -0.15) is 18.4 Å². The number of hydrogen-bond acceptors (Lipinski definition) is 2. The van der Waals surface area contributed by atoms with Crippen molar-refractivity contribution in [3.8, 4) is 6.07 Å². The van der Waals surface area contributed by atoms with E-state index in [1.54, 1.807) is 0 Å². The van der Waals surface area contributed by atoms with E-state index >= 15 is 0 Å². The molecular weight excluding hydrogens is 229 g/mol. The molecule has 0 aliphatic carbocycles. The second-order valence-corrected chi connectivity index (χ2v) is 5.13. The van der Waals surface area contributed by atoms with Gasteiger partial charge in [0, 0.05) is 6.04 Å². The van der Waals surface area contributed by atoms with Crippen LogP contribution in [0.2, 0.25) is 0 Å². The average molecular weight is 250 g/mol. The Morgan fingerprint density at radius 3 is 2.29 bits per heavy atom. The molecule has 0 saturated heterocycles. The number of unbranched alkanes of at least 4 members (excludes halogenated alkanes) is 1. The van der Waals surface area contributed by atoms with Gasteiger partial charge < -0.3 is 5.32 Å². The van der Waals surface area contributed by atoms with Gasteiger partial charge in [0.25, 0.3) is 0 Å². The van der Waals surface area contributed by atoms with Gasteiger partial charge in [-0.1, -0.05) is 6.42 Å². The molecule has 1 atom stereocenters. The zero-order valence-electron chi connectivity index (χ0n) is 10.7. The quantitative estimate of drug-likeness (QED) is 0.700. The molecule has 100 valence electrons. The van der Waals surface area contributed by atoms with Crippen LogP contribution in [0.3, 0.4) is 0 Å². The van der Waals surface area contributed by atoms with E-state index in [0.29, 0.717) is 6.54 Å². The van der Waals surface area contributed by atoms with Crippen LogP contribution in [0.1, 0.15) is 46.5 Å². The van der Waals surface area contributed by atoms with Crippen LogP contribution in [0.4, 0.5) is 13.2 Å². The third-order valence-corrected chi connectivity index (χ3v) is 2.56. The van der Waals surface area contributed by atoms with Gasteiger partial charge in [0.05, 0.1) is 17.9 Å². The first-order valence-corrected chi connectivity index (χ1v) is 5.88. The molecular formula is C12H21F3N2. The molecule has 0 aliphatic rings. The summed E-state index contributed by atoms with van der Waals surface area (Å²) in [5.74, 6) is 0. The van der Waals surface area contributed by atoms with Crippen molar-refractivity contribution in [2.75, 3.05) is 6.54 Å². The van der Waals surface area contributed by atoms with Gasteiger partial charge in [0.2, 0.25) is 0 Å². The topological polar surface area (TPSA) is 35.8 Å². The molecule has 0 aromatic heterocycles. The molecule has 0 fully saturated rings. The van der Waals surface area contributed by atoms with Gasteiger partial charge in [-0.05, 0) is 40.2 Å². The minimum atomic E-state index is -4.10. The molecule has 0 aromatic carbocycles. The summed E-state index contributed by atoms with van der Waals surface area (Å²) in [6.45, 7) is 5.84. The van der Waals surface area contributed by atoms with Gasteiger partial charge in [0.15, 0.2) is 0 Å². The highest BCUT2D eigenvalue weighted by Gasteiger charge is 2.29. The lowest BCUT2D eigenvalue weighted by Gasteiger charge is -2.17. The van der Waals surface area contributed by atoms with Crippen LogP contribution in [0.25, 0.3) is 0 Å². The summed E-state index contributed by atoms with van der Waals surface area (Å²) in [7, 11) is 0. The molecule has 0 spiro atoms. The first-order chi connectivity index (χ1) is 7.66. The molecule has 0 aromatic rings. The summed E-state index contributed by atoms with van der Waals surface area (Å²) in [5.41, 5.74) is -0.336. The highest BCUT2D eigenvalue weighted by atomic mass is 19.4. The number of nitrogens with one attached hydrogen (secondary N) is 1. The molecule has 1 unspecified atom stereocenters. The van der Waals surface area contributed by atoms with Crippen molar-refractivity contribution in [1.29, 1.82) is 5.26 Å². The van der Waals surface area contributed by atoms with Crippen LogP contribution in [0, 0.1) is 16.7 Å². The molecule has 0 radical (unpaired) electrons. The van der Waals surface area contributed by atoms with Crippen LogP contribution in [-0.2, 0) is 0 Å². The molecule has 17 heavy (non-hydrogen) atoms. The maximum absolute atomic E-state index is 12.0. The second-order valence-electron chi connectivity index (χ2n) is 5.13. The first-order valence-electron chi connectivity index (χ1n) is 5.88. The maximum Gasteiger partial charge on any atom is 0.390 e. The number of hydrogen-bond donors (Lipinski definition) is 1. The molecule has 0 aliphatic heterocycles. The summed E-state index contributed by atoms with van der Waals surface area (Å²) in [5, 5.41) is 11.6. The largest absolute Gasteiger partial charge is 0.390 e. The van der Waals surface area contributed by atoms with E-state index in [4.69, 9.17) is 5.26 Å². The van der Waals surface area contributed by atoms with Crippen LogP contribution in [0.5, 0.6) is 0 Å². The number of nitriles is 1. The molecule has 0 rings (SSSR count). The highest BCUT2D eigenvalue weighted by molar-refractivity contribution is 4.91. The number of nitrogens with zero attached hydrogens (tertiary/aromatic N) is 1. The third kappa shape index (κ3) is 10.1. The molecule has 2 nitrogen and oxygen atoms in total. The minimum absolute atomic E-state index is 0.336. The van der Waals surface area contributed by atoms with Gasteiger partial charge in [-0.3, -0.25) is 0 Å². The van der Waals surface area contributed by atoms with Gasteiger partial charge in [-0.25, -0.2) is 0 Å². The lowest BCUT2D eigenvalue weighted by atomic mass is 9.89. The van der Waals surface area contributed by atoms with E-state index in [2.05, 4.69) is 11.4 Å². The Morgan fingerprint density at radius 2 is 1.82 bits per heavy atom. The number of alkyl halides is 3. The summed E-state index contributed by atoms with van der Waals surface area (Å²) in [6, 6.07) is 1.66. The van der Waals surface area contributed by atoms with Crippen molar-refractivity contribution in [3.05, 3.63) is 0 Å². The number of rotatable bonds is 7. The lowest BCUT2D eigenvalue weighted by Crippen LogP contribution is -2.31.